The van der Waals surface area contributed by atoms with Crippen LogP contribution in [0, 0.1) is 0 Å². The number of hydrogen-bond donors (Lipinski definition) is 2. The van der Waals surface area contributed by atoms with Gasteiger partial charge < -0.3 is 10.2 Å². The third kappa shape index (κ3) is 1.73. The first kappa shape index (κ1) is 10.2. The normalized spacial score (nSPS) is 10.4. The van der Waals surface area contributed by atoms with E-state index in [9.17, 15) is 10.2 Å². The van der Waals surface area contributed by atoms with Crippen LogP contribution in [0.25, 0.3) is 0 Å². The third-order valence-electron chi connectivity index (χ3n) is 2.15. The summed E-state index contributed by atoms with van der Waals surface area (Å²) < 4.78 is 0. The van der Waals surface area contributed by atoms with Gasteiger partial charge in [-0.3, -0.25) is 0 Å². The van der Waals surface area contributed by atoms with Crippen molar-refractivity contribution in [2.45, 2.75) is 26.7 Å². The van der Waals surface area contributed by atoms with Gasteiger partial charge in [0.15, 0.2) is 11.5 Å². The van der Waals surface area contributed by atoms with Gasteiger partial charge >= 0.3 is 0 Å². The van der Waals surface area contributed by atoms with Gasteiger partial charge in [0.25, 0.3) is 0 Å². The quantitative estimate of drug-likeness (QED) is 0.721. The minimum Gasteiger partial charge on any atom is -0.504 e. The van der Waals surface area contributed by atoms with E-state index in [1.54, 1.807) is 0 Å². The fourth-order valence-corrected chi connectivity index (χ4v) is 1.83. The topological polar surface area (TPSA) is 40.5 Å². The van der Waals surface area contributed by atoms with E-state index in [-0.39, 0.29) is 11.5 Å². The standard InChI is InChI=1S/C10H13ClO2/c1-3-6-7(4-2)10(13)9(12)5-8(6)11/h5,12-13H,3-4H2,1-2H3. The van der Waals surface area contributed by atoms with Crippen molar-refractivity contribution < 1.29 is 10.2 Å². The Morgan fingerprint density at radius 1 is 1.15 bits per heavy atom. The molecule has 2 nitrogen and oxygen atoms in total. The lowest BCUT2D eigenvalue weighted by molar-refractivity contribution is 0.399. The molecule has 0 aliphatic rings. The number of phenols is 2. The maximum atomic E-state index is 9.53. The summed E-state index contributed by atoms with van der Waals surface area (Å²) in [5.74, 6) is -0.178. The zero-order chi connectivity index (χ0) is 10.0. The fourth-order valence-electron chi connectivity index (χ4n) is 1.48. The Hall–Kier alpha value is -0.890. The SMILES string of the molecule is CCc1c(Cl)cc(O)c(O)c1CC. The van der Waals surface area contributed by atoms with Gasteiger partial charge in [0.2, 0.25) is 0 Å². The predicted molar refractivity (Wildman–Crippen MR) is 53.5 cm³/mol. The largest absolute Gasteiger partial charge is 0.504 e. The van der Waals surface area contributed by atoms with E-state index in [4.69, 9.17) is 11.6 Å². The molecule has 0 amide bonds. The zero-order valence-electron chi connectivity index (χ0n) is 7.76. The van der Waals surface area contributed by atoms with Crippen molar-refractivity contribution in [3.05, 3.63) is 22.2 Å². The molecule has 0 fully saturated rings. The van der Waals surface area contributed by atoms with Gasteiger partial charge in [-0.05, 0) is 18.4 Å². The van der Waals surface area contributed by atoms with Crippen LogP contribution in [0.1, 0.15) is 25.0 Å². The first-order valence-corrected chi connectivity index (χ1v) is 4.71. The summed E-state index contributed by atoms with van der Waals surface area (Å²) in [7, 11) is 0. The van der Waals surface area contributed by atoms with Crippen LogP contribution < -0.4 is 0 Å². The van der Waals surface area contributed by atoms with E-state index >= 15 is 0 Å². The van der Waals surface area contributed by atoms with Crippen LogP contribution in [0.4, 0.5) is 0 Å². The number of hydrogen-bond acceptors (Lipinski definition) is 2. The summed E-state index contributed by atoms with van der Waals surface area (Å²) in [6.07, 6.45) is 1.43. The van der Waals surface area contributed by atoms with E-state index in [1.807, 2.05) is 13.8 Å². The summed E-state index contributed by atoms with van der Waals surface area (Å²) in [4.78, 5) is 0. The van der Waals surface area contributed by atoms with Crippen molar-refractivity contribution in [2.75, 3.05) is 0 Å². The first-order chi connectivity index (χ1) is 6.11. The van der Waals surface area contributed by atoms with Gasteiger partial charge in [-0.15, -0.1) is 0 Å². The molecule has 0 atom stereocenters. The number of halogens is 1. The average Bonchev–Trinajstić information content (AvgIpc) is 2.10. The van der Waals surface area contributed by atoms with Crippen LogP contribution in [0.5, 0.6) is 11.5 Å². The molecule has 0 saturated carbocycles. The van der Waals surface area contributed by atoms with Gasteiger partial charge in [0.1, 0.15) is 0 Å². The van der Waals surface area contributed by atoms with Crippen LogP contribution in [-0.2, 0) is 12.8 Å². The minimum absolute atomic E-state index is 0.0382. The molecule has 0 spiro atoms. The van der Waals surface area contributed by atoms with Crippen LogP contribution in [-0.4, -0.2) is 10.2 Å². The Morgan fingerprint density at radius 3 is 2.15 bits per heavy atom. The molecular formula is C10H13ClO2. The molecule has 13 heavy (non-hydrogen) atoms. The zero-order valence-corrected chi connectivity index (χ0v) is 8.52. The van der Waals surface area contributed by atoms with E-state index < -0.39 is 0 Å². The van der Waals surface area contributed by atoms with E-state index in [1.165, 1.54) is 6.07 Å². The molecule has 1 aromatic carbocycles. The van der Waals surface area contributed by atoms with Crippen molar-refractivity contribution in [1.29, 1.82) is 0 Å². The maximum Gasteiger partial charge on any atom is 0.161 e. The smallest absolute Gasteiger partial charge is 0.161 e. The van der Waals surface area contributed by atoms with Crippen molar-refractivity contribution in [3.63, 3.8) is 0 Å². The lowest BCUT2D eigenvalue weighted by atomic mass is 10.0. The Morgan fingerprint density at radius 2 is 1.69 bits per heavy atom. The summed E-state index contributed by atoms with van der Waals surface area (Å²) in [6.45, 7) is 3.89. The maximum absolute atomic E-state index is 9.53. The average molecular weight is 201 g/mol. The first-order valence-electron chi connectivity index (χ1n) is 4.33. The molecule has 72 valence electrons. The second-order valence-electron chi connectivity index (χ2n) is 2.89. The number of rotatable bonds is 2. The second kappa shape index (κ2) is 3.88. The van der Waals surface area contributed by atoms with Gasteiger partial charge in [-0.25, -0.2) is 0 Å². The molecule has 0 radical (unpaired) electrons. The Labute approximate surface area is 82.8 Å². The minimum atomic E-state index is -0.140. The number of phenolic OH excluding ortho intramolecular Hbond substituents is 2. The molecule has 3 heteroatoms. The Bertz CT molecular complexity index is 321. The lowest BCUT2D eigenvalue weighted by Gasteiger charge is -2.11. The van der Waals surface area contributed by atoms with E-state index in [0.717, 1.165) is 17.5 Å². The Balaban J connectivity index is 3.41. The fraction of sp³-hybridized carbons (Fsp3) is 0.400. The highest BCUT2D eigenvalue weighted by atomic mass is 35.5. The molecular weight excluding hydrogens is 188 g/mol. The monoisotopic (exact) mass is 200 g/mol. The highest BCUT2D eigenvalue weighted by molar-refractivity contribution is 6.31. The predicted octanol–water partition coefficient (Wildman–Crippen LogP) is 2.88. The van der Waals surface area contributed by atoms with Crippen LogP contribution in [0.15, 0.2) is 6.07 Å². The molecule has 0 aromatic heterocycles. The summed E-state index contributed by atoms with van der Waals surface area (Å²) in [6, 6.07) is 1.38. The molecule has 0 bridgehead atoms. The van der Waals surface area contributed by atoms with Crippen LogP contribution in [0.3, 0.4) is 0 Å². The van der Waals surface area contributed by atoms with Crippen molar-refractivity contribution >= 4 is 11.6 Å². The molecule has 0 aliphatic heterocycles. The Kier molecular flexibility index (Phi) is 3.04. The molecule has 0 saturated heterocycles. The third-order valence-corrected chi connectivity index (χ3v) is 2.49. The summed E-state index contributed by atoms with van der Waals surface area (Å²) in [5, 5.41) is 19.3. The molecule has 1 rings (SSSR count). The highest BCUT2D eigenvalue weighted by Gasteiger charge is 2.13. The molecule has 2 N–H and O–H groups in total. The van der Waals surface area contributed by atoms with Gasteiger partial charge in [0, 0.05) is 16.7 Å². The summed E-state index contributed by atoms with van der Waals surface area (Å²) >= 11 is 5.91. The van der Waals surface area contributed by atoms with E-state index in [0.29, 0.717) is 11.4 Å². The second-order valence-corrected chi connectivity index (χ2v) is 3.30. The number of aromatic hydroxyl groups is 2. The molecule has 0 unspecified atom stereocenters. The van der Waals surface area contributed by atoms with Gasteiger partial charge in [0.05, 0.1) is 0 Å². The lowest BCUT2D eigenvalue weighted by Crippen LogP contribution is -1.93. The van der Waals surface area contributed by atoms with Crippen LogP contribution in [0.2, 0.25) is 5.02 Å². The molecule has 0 aliphatic carbocycles. The van der Waals surface area contributed by atoms with Crippen LogP contribution >= 0.6 is 11.6 Å². The number of benzene rings is 1. The van der Waals surface area contributed by atoms with Gasteiger partial charge in [-0.2, -0.15) is 0 Å². The van der Waals surface area contributed by atoms with E-state index in [2.05, 4.69) is 0 Å². The van der Waals surface area contributed by atoms with Crippen molar-refractivity contribution in [2.24, 2.45) is 0 Å². The van der Waals surface area contributed by atoms with Crippen molar-refractivity contribution in [3.8, 4) is 11.5 Å². The van der Waals surface area contributed by atoms with Crippen molar-refractivity contribution in [1.82, 2.24) is 0 Å². The summed E-state index contributed by atoms with van der Waals surface area (Å²) in [5.41, 5.74) is 1.66. The van der Waals surface area contributed by atoms with Gasteiger partial charge in [-0.1, -0.05) is 25.4 Å². The molecule has 1 aromatic rings. The molecule has 0 heterocycles. The highest BCUT2D eigenvalue weighted by Crippen LogP contribution is 2.36.